The first-order valence-electron chi connectivity index (χ1n) is 7.03. The fourth-order valence-corrected chi connectivity index (χ4v) is 2.04. The van der Waals surface area contributed by atoms with E-state index in [0.717, 1.165) is 18.5 Å². The minimum Gasteiger partial charge on any atom is -0.397 e. The molecule has 20 heavy (non-hydrogen) atoms. The van der Waals surface area contributed by atoms with Crippen molar-refractivity contribution in [1.82, 2.24) is 5.32 Å². The second-order valence-electron chi connectivity index (χ2n) is 5.26. The van der Waals surface area contributed by atoms with Crippen LogP contribution in [0.15, 0.2) is 18.2 Å². The molecule has 0 aliphatic heterocycles. The molecule has 1 rings (SSSR count). The Morgan fingerprint density at radius 1 is 1.40 bits per heavy atom. The third-order valence-electron chi connectivity index (χ3n) is 3.10. The molecule has 0 radical (unpaired) electrons. The van der Waals surface area contributed by atoms with Crippen molar-refractivity contribution in [1.29, 1.82) is 0 Å². The number of amides is 1. The van der Waals surface area contributed by atoms with Crippen LogP contribution in [-0.2, 0) is 0 Å². The van der Waals surface area contributed by atoms with Crippen molar-refractivity contribution >= 4 is 17.3 Å². The third-order valence-corrected chi connectivity index (χ3v) is 3.10. The third kappa shape index (κ3) is 4.74. The van der Waals surface area contributed by atoms with Gasteiger partial charge in [0.15, 0.2) is 0 Å². The molecule has 5 N–H and O–H groups in total. The molecule has 0 aliphatic rings. The number of aliphatic hydroxyl groups is 1. The summed E-state index contributed by atoms with van der Waals surface area (Å²) in [6.45, 7) is 6.70. The topological polar surface area (TPSA) is 87.4 Å². The van der Waals surface area contributed by atoms with E-state index in [1.165, 1.54) is 0 Å². The zero-order valence-corrected chi connectivity index (χ0v) is 12.5. The van der Waals surface area contributed by atoms with Gasteiger partial charge in [0.25, 0.3) is 5.91 Å². The number of nitrogens with one attached hydrogen (secondary N) is 2. The van der Waals surface area contributed by atoms with Gasteiger partial charge in [-0.3, -0.25) is 4.79 Å². The minimum absolute atomic E-state index is 0.135. The van der Waals surface area contributed by atoms with Crippen LogP contribution in [0.4, 0.5) is 11.4 Å². The summed E-state index contributed by atoms with van der Waals surface area (Å²) in [5, 5.41) is 16.0. The Hall–Kier alpha value is -1.75. The van der Waals surface area contributed by atoms with Crippen molar-refractivity contribution in [2.24, 2.45) is 0 Å². The molecule has 0 saturated carbocycles. The summed E-state index contributed by atoms with van der Waals surface area (Å²) in [5.74, 6) is -0.135. The van der Waals surface area contributed by atoms with E-state index in [0.29, 0.717) is 24.3 Å². The molecule has 0 aromatic heterocycles. The summed E-state index contributed by atoms with van der Waals surface area (Å²) in [4.78, 5) is 11.7. The first-order chi connectivity index (χ1) is 9.39. The molecular formula is C15H25N3O2. The van der Waals surface area contributed by atoms with E-state index in [2.05, 4.69) is 10.6 Å². The number of carbonyl (C=O) groups excluding carboxylic acids is 1. The molecule has 0 spiro atoms. The second kappa shape index (κ2) is 7.14. The molecule has 0 heterocycles. The largest absolute Gasteiger partial charge is 0.397 e. The molecule has 0 bridgehead atoms. The lowest BCUT2D eigenvalue weighted by Crippen LogP contribution is -2.33. The van der Waals surface area contributed by atoms with Crippen LogP contribution in [0.3, 0.4) is 0 Å². The first-order valence-corrected chi connectivity index (χ1v) is 7.03. The molecule has 1 atom stereocenters. The normalized spacial score (nSPS) is 13.6. The Bertz CT molecular complexity index is 458. The summed E-state index contributed by atoms with van der Waals surface area (Å²) in [6, 6.07) is 5.13. The van der Waals surface area contributed by atoms with Gasteiger partial charge in [0.2, 0.25) is 0 Å². The van der Waals surface area contributed by atoms with Crippen LogP contribution in [0.5, 0.6) is 0 Å². The number of rotatable bonds is 7. The van der Waals surface area contributed by atoms with Crippen molar-refractivity contribution < 1.29 is 9.90 Å². The highest BCUT2D eigenvalue weighted by Crippen LogP contribution is 2.21. The SMILES string of the molecule is CCCC(C)(O)CNc1ccc(C(=O)NCC)cc1N. The lowest BCUT2D eigenvalue weighted by molar-refractivity contribution is 0.0637. The standard InChI is InChI=1S/C15H25N3O2/c1-4-8-15(3,20)10-18-13-7-6-11(9-12(13)16)14(19)17-5-2/h6-7,9,18,20H,4-5,8,10,16H2,1-3H3,(H,17,19). The summed E-state index contributed by atoms with van der Waals surface area (Å²) in [5.41, 5.74) is 6.94. The maximum absolute atomic E-state index is 11.7. The molecule has 1 unspecified atom stereocenters. The van der Waals surface area contributed by atoms with Crippen LogP contribution in [0.2, 0.25) is 0 Å². The smallest absolute Gasteiger partial charge is 0.251 e. The molecule has 5 heteroatoms. The number of nitrogens with two attached hydrogens (primary N) is 1. The maximum atomic E-state index is 11.7. The predicted octanol–water partition coefficient (Wildman–Crippen LogP) is 1.98. The lowest BCUT2D eigenvalue weighted by atomic mass is 10.0. The van der Waals surface area contributed by atoms with E-state index in [1.807, 2.05) is 13.8 Å². The lowest BCUT2D eigenvalue weighted by Gasteiger charge is -2.24. The van der Waals surface area contributed by atoms with Gasteiger partial charge >= 0.3 is 0 Å². The zero-order valence-electron chi connectivity index (χ0n) is 12.5. The summed E-state index contributed by atoms with van der Waals surface area (Å²) < 4.78 is 0. The molecule has 112 valence electrons. The van der Waals surface area contributed by atoms with Gasteiger partial charge in [0, 0.05) is 18.7 Å². The van der Waals surface area contributed by atoms with Crippen molar-refractivity contribution in [2.75, 3.05) is 24.1 Å². The highest BCUT2D eigenvalue weighted by Gasteiger charge is 2.19. The number of carbonyl (C=O) groups is 1. The van der Waals surface area contributed by atoms with E-state index in [9.17, 15) is 9.90 Å². The van der Waals surface area contributed by atoms with Crippen molar-refractivity contribution in [3.05, 3.63) is 23.8 Å². The van der Waals surface area contributed by atoms with Crippen molar-refractivity contribution in [2.45, 2.75) is 39.2 Å². The molecular weight excluding hydrogens is 254 g/mol. The summed E-state index contributed by atoms with van der Waals surface area (Å²) in [6.07, 6.45) is 1.64. The Kier molecular flexibility index (Phi) is 5.82. The first kappa shape index (κ1) is 16.3. The Morgan fingerprint density at radius 3 is 2.65 bits per heavy atom. The van der Waals surface area contributed by atoms with Crippen LogP contribution in [0.1, 0.15) is 44.0 Å². The van der Waals surface area contributed by atoms with Crippen LogP contribution < -0.4 is 16.4 Å². The minimum atomic E-state index is -0.764. The van der Waals surface area contributed by atoms with Gasteiger partial charge in [-0.2, -0.15) is 0 Å². The highest BCUT2D eigenvalue weighted by molar-refractivity contribution is 5.96. The Morgan fingerprint density at radius 2 is 2.10 bits per heavy atom. The monoisotopic (exact) mass is 279 g/mol. The predicted molar refractivity (Wildman–Crippen MR) is 82.9 cm³/mol. The van der Waals surface area contributed by atoms with Crippen molar-refractivity contribution in [3.8, 4) is 0 Å². The quantitative estimate of drug-likeness (QED) is 0.575. The van der Waals surface area contributed by atoms with E-state index < -0.39 is 5.60 Å². The van der Waals surface area contributed by atoms with E-state index in [1.54, 1.807) is 25.1 Å². The van der Waals surface area contributed by atoms with Gasteiger partial charge in [-0.1, -0.05) is 13.3 Å². The number of hydrogen-bond acceptors (Lipinski definition) is 4. The Balaban J connectivity index is 2.71. The van der Waals surface area contributed by atoms with Gasteiger partial charge in [-0.05, 0) is 38.5 Å². The van der Waals surface area contributed by atoms with E-state index >= 15 is 0 Å². The average Bonchev–Trinajstić information content (AvgIpc) is 2.37. The molecule has 1 amide bonds. The fraction of sp³-hybridized carbons (Fsp3) is 0.533. The molecule has 1 aromatic carbocycles. The summed E-state index contributed by atoms with van der Waals surface area (Å²) >= 11 is 0. The maximum Gasteiger partial charge on any atom is 0.251 e. The molecule has 0 saturated heterocycles. The zero-order chi connectivity index (χ0) is 15.2. The average molecular weight is 279 g/mol. The van der Waals surface area contributed by atoms with Gasteiger partial charge in [0.1, 0.15) is 0 Å². The van der Waals surface area contributed by atoms with Gasteiger partial charge in [-0.15, -0.1) is 0 Å². The van der Waals surface area contributed by atoms with Gasteiger partial charge < -0.3 is 21.5 Å². The van der Waals surface area contributed by atoms with Crippen LogP contribution >= 0.6 is 0 Å². The number of benzene rings is 1. The number of anilines is 2. The molecule has 5 nitrogen and oxygen atoms in total. The fourth-order valence-electron chi connectivity index (χ4n) is 2.04. The molecule has 0 fully saturated rings. The second-order valence-corrected chi connectivity index (χ2v) is 5.26. The highest BCUT2D eigenvalue weighted by atomic mass is 16.3. The molecule has 0 aliphatic carbocycles. The number of hydrogen-bond donors (Lipinski definition) is 4. The number of nitrogen functional groups attached to an aromatic ring is 1. The van der Waals surface area contributed by atoms with Gasteiger partial charge in [-0.25, -0.2) is 0 Å². The van der Waals surface area contributed by atoms with Crippen LogP contribution in [0, 0.1) is 0 Å². The van der Waals surface area contributed by atoms with Crippen molar-refractivity contribution in [3.63, 3.8) is 0 Å². The van der Waals surface area contributed by atoms with Crippen LogP contribution in [-0.4, -0.2) is 29.7 Å². The van der Waals surface area contributed by atoms with Gasteiger partial charge in [0.05, 0.1) is 17.0 Å². The summed E-state index contributed by atoms with van der Waals surface area (Å²) in [7, 11) is 0. The molecule has 1 aromatic rings. The van der Waals surface area contributed by atoms with E-state index in [4.69, 9.17) is 5.73 Å². The van der Waals surface area contributed by atoms with E-state index in [-0.39, 0.29) is 5.91 Å². The Labute approximate surface area is 120 Å². The van der Waals surface area contributed by atoms with Crippen LogP contribution in [0.25, 0.3) is 0 Å².